The summed E-state index contributed by atoms with van der Waals surface area (Å²) in [6, 6.07) is 0.210. The number of tetrazole rings is 1. The first kappa shape index (κ1) is 14.4. The van der Waals surface area contributed by atoms with Crippen molar-refractivity contribution in [3.63, 3.8) is 0 Å². The van der Waals surface area contributed by atoms with Crippen LogP contribution in [-0.4, -0.2) is 39.3 Å². The smallest absolute Gasteiger partial charge is 0.167 e. The summed E-state index contributed by atoms with van der Waals surface area (Å²) < 4.78 is 1.91. The standard InChI is InChI=1S/C11H23N5S/c1-10(12-2)11-13-14-15-16(11)8-6-4-5-7-9-17-3/h10,12H,4-9H2,1-3H3. The molecule has 98 valence electrons. The van der Waals surface area contributed by atoms with Gasteiger partial charge in [0.05, 0.1) is 6.04 Å². The fourth-order valence-electron chi connectivity index (χ4n) is 1.67. The molecular formula is C11H23N5S. The van der Waals surface area contributed by atoms with E-state index >= 15 is 0 Å². The number of hydrogen-bond acceptors (Lipinski definition) is 5. The second kappa shape index (κ2) is 8.47. The molecule has 1 aromatic heterocycles. The number of hydrogen-bond donors (Lipinski definition) is 1. The maximum Gasteiger partial charge on any atom is 0.167 e. The molecule has 0 fully saturated rings. The number of aryl methyl sites for hydroxylation is 1. The Balaban J connectivity index is 2.24. The predicted octanol–water partition coefficient (Wildman–Crippen LogP) is 1.88. The summed E-state index contributed by atoms with van der Waals surface area (Å²) in [5, 5.41) is 15.0. The zero-order chi connectivity index (χ0) is 12.5. The number of nitrogens with zero attached hydrogens (tertiary/aromatic N) is 4. The van der Waals surface area contributed by atoms with Crippen LogP contribution in [-0.2, 0) is 6.54 Å². The fraction of sp³-hybridized carbons (Fsp3) is 0.909. The second-order valence-corrected chi connectivity index (χ2v) is 5.16. The van der Waals surface area contributed by atoms with Crippen LogP contribution in [0.5, 0.6) is 0 Å². The van der Waals surface area contributed by atoms with Crippen LogP contribution in [0.15, 0.2) is 0 Å². The zero-order valence-electron chi connectivity index (χ0n) is 11.0. The molecular weight excluding hydrogens is 234 g/mol. The van der Waals surface area contributed by atoms with Crippen molar-refractivity contribution in [1.82, 2.24) is 25.5 Å². The summed E-state index contributed by atoms with van der Waals surface area (Å²) in [5.41, 5.74) is 0. The highest BCUT2D eigenvalue weighted by atomic mass is 32.2. The summed E-state index contributed by atoms with van der Waals surface area (Å²) in [6.07, 6.45) is 7.19. The van der Waals surface area contributed by atoms with E-state index in [-0.39, 0.29) is 6.04 Å². The minimum absolute atomic E-state index is 0.210. The normalized spacial score (nSPS) is 12.9. The highest BCUT2D eigenvalue weighted by Gasteiger charge is 2.11. The van der Waals surface area contributed by atoms with Crippen LogP contribution in [0.1, 0.15) is 44.5 Å². The first-order valence-electron chi connectivity index (χ1n) is 6.22. The minimum Gasteiger partial charge on any atom is -0.311 e. The molecule has 0 amide bonds. The van der Waals surface area contributed by atoms with Gasteiger partial charge >= 0.3 is 0 Å². The lowest BCUT2D eigenvalue weighted by Gasteiger charge is -2.09. The highest BCUT2D eigenvalue weighted by Crippen LogP contribution is 2.09. The van der Waals surface area contributed by atoms with E-state index in [0.29, 0.717) is 0 Å². The topological polar surface area (TPSA) is 55.6 Å². The van der Waals surface area contributed by atoms with E-state index in [0.717, 1.165) is 18.8 Å². The van der Waals surface area contributed by atoms with Gasteiger partial charge in [-0.3, -0.25) is 0 Å². The third-order valence-electron chi connectivity index (χ3n) is 2.85. The van der Waals surface area contributed by atoms with Gasteiger partial charge in [-0.05, 0) is 49.2 Å². The molecule has 5 nitrogen and oxygen atoms in total. The minimum atomic E-state index is 0.210. The summed E-state index contributed by atoms with van der Waals surface area (Å²) in [7, 11) is 1.92. The van der Waals surface area contributed by atoms with E-state index in [1.54, 1.807) is 0 Å². The van der Waals surface area contributed by atoms with Crippen molar-refractivity contribution >= 4 is 11.8 Å². The van der Waals surface area contributed by atoms with E-state index in [9.17, 15) is 0 Å². The molecule has 1 atom stereocenters. The van der Waals surface area contributed by atoms with Crippen molar-refractivity contribution in [1.29, 1.82) is 0 Å². The maximum atomic E-state index is 4.05. The van der Waals surface area contributed by atoms with Crippen molar-refractivity contribution in [2.24, 2.45) is 0 Å². The number of rotatable bonds is 9. The highest BCUT2D eigenvalue weighted by molar-refractivity contribution is 7.98. The van der Waals surface area contributed by atoms with Crippen molar-refractivity contribution < 1.29 is 0 Å². The zero-order valence-corrected chi connectivity index (χ0v) is 11.8. The van der Waals surface area contributed by atoms with Gasteiger partial charge in [0.2, 0.25) is 0 Å². The van der Waals surface area contributed by atoms with E-state index in [1.807, 2.05) is 23.5 Å². The summed E-state index contributed by atoms with van der Waals surface area (Å²) in [4.78, 5) is 0. The third-order valence-corrected chi connectivity index (χ3v) is 3.55. The summed E-state index contributed by atoms with van der Waals surface area (Å²) in [5.74, 6) is 2.20. The van der Waals surface area contributed by atoms with E-state index < -0.39 is 0 Å². The Morgan fingerprint density at radius 1 is 1.29 bits per heavy atom. The Labute approximate surface area is 108 Å². The fourth-order valence-corrected chi connectivity index (χ4v) is 2.16. The molecule has 0 saturated heterocycles. The maximum absolute atomic E-state index is 4.05. The molecule has 0 aliphatic heterocycles. The first-order valence-corrected chi connectivity index (χ1v) is 7.61. The van der Waals surface area contributed by atoms with Crippen molar-refractivity contribution in [3.05, 3.63) is 5.82 Å². The molecule has 0 aliphatic carbocycles. The number of nitrogens with one attached hydrogen (secondary N) is 1. The lowest BCUT2D eigenvalue weighted by Crippen LogP contribution is -2.18. The summed E-state index contributed by atoms with van der Waals surface area (Å²) >= 11 is 1.92. The SMILES string of the molecule is CNC(C)c1nnnn1CCCCCCSC. The molecule has 1 rings (SSSR count). The molecule has 1 N–H and O–H groups in total. The van der Waals surface area contributed by atoms with Crippen LogP contribution in [0.3, 0.4) is 0 Å². The van der Waals surface area contributed by atoms with Gasteiger partial charge in [-0.15, -0.1) is 5.10 Å². The molecule has 0 bridgehead atoms. The van der Waals surface area contributed by atoms with E-state index in [2.05, 4.69) is 34.0 Å². The molecule has 17 heavy (non-hydrogen) atoms. The predicted molar refractivity (Wildman–Crippen MR) is 72.1 cm³/mol. The number of aromatic nitrogens is 4. The van der Waals surface area contributed by atoms with E-state index in [4.69, 9.17) is 0 Å². The molecule has 0 aliphatic rings. The van der Waals surface area contributed by atoms with Crippen LogP contribution in [0.25, 0.3) is 0 Å². The second-order valence-electron chi connectivity index (χ2n) is 4.18. The Morgan fingerprint density at radius 2 is 2.06 bits per heavy atom. The van der Waals surface area contributed by atoms with Gasteiger partial charge in [-0.25, -0.2) is 4.68 Å². The molecule has 0 saturated carbocycles. The molecule has 1 heterocycles. The molecule has 1 aromatic rings. The van der Waals surface area contributed by atoms with Crippen LogP contribution >= 0.6 is 11.8 Å². The largest absolute Gasteiger partial charge is 0.311 e. The van der Waals surface area contributed by atoms with Crippen LogP contribution in [0, 0.1) is 0 Å². The number of thioether (sulfide) groups is 1. The van der Waals surface area contributed by atoms with E-state index in [1.165, 1.54) is 25.0 Å². The van der Waals surface area contributed by atoms with Gasteiger partial charge < -0.3 is 5.32 Å². The Kier molecular flexibility index (Phi) is 7.19. The van der Waals surface area contributed by atoms with Gasteiger partial charge in [-0.1, -0.05) is 12.8 Å². The molecule has 0 radical (unpaired) electrons. The average Bonchev–Trinajstić information content (AvgIpc) is 2.81. The molecule has 6 heteroatoms. The van der Waals surface area contributed by atoms with Crippen molar-refractivity contribution in [3.8, 4) is 0 Å². The molecule has 0 aromatic carbocycles. The third kappa shape index (κ3) is 5.04. The van der Waals surface area contributed by atoms with Gasteiger partial charge in [0, 0.05) is 6.54 Å². The van der Waals surface area contributed by atoms with Gasteiger partial charge in [-0.2, -0.15) is 11.8 Å². The lowest BCUT2D eigenvalue weighted by molar-refractivity contribution is 0.482. The Morgan fingerprint density at radius 3 is 2.76 bits per heavy atom. The van der Waals surface area contributed by atoms with Crippen molar-refractivity contribution in [2.75, 3.05) is 19.1 Å². The quantitative estimate of drug-likeness (QED) is 0.685. The first-order chi connectivity index (χ1) is 8.29. The van der Waals surface area contributed by atoms with Gasteiger partial charge in [0.15, 0.2) is 5.82 Å². The van der Waals surface area contributed by atoms with Crippen LogP contribution in [0.4, 0.5) is 0 Å². The summed E-state index contributed by atoms with van der Waals surface area (Å²) in [6.45, 7) is 2.99. The lowest BCUT2D eigenvalue weighted by atomic mass is 10.2. The monoisotopic (exact) mass is 257 g/mol. The molecule has 0 spiro atoms. The number of unbranched alkanes of at least 4 members (excludes halogenated alkanes) is 3. The Hall–Kier alpha value is -0.620. The van der Waals surface area contributed by atoms with Gasteiger partial charge in [0.1, 0.15) is 0 Å². The van der Waals surface area contributed by atoms with Crippen LogP contribution < -0.4 is 5.32 Å². The molecule has 1 unspecified atom stereocenters. The Bertz CT molecular complexity index is 302. The average molecular weight is 257 g/mol. The van der Waals surface area contributed by atoms with Gasteiger partial charge in [0.25, 0.3) is 0 Å². The van der Waals surface area contributed by atoms with Crippen LogP contribution in [0.2, 0.25) is 0 Å². The van der Waals surface area contributed by atoms with Crippen molar-refractivity contribution in [2.45, 2.75) is 45.2 Å².